The maximum absolute atomic E-state index is 14.2. The number of fused-ring (bicyclic) bond motifs is 3. The zero-order chi connectivity index (χ0) is 23.3. The number of carbonyl (C=O) groups excluding carboxylic acids is 2. The number of amides is 1. The monoisotopic (exact) mass is 444 g/mol. The average molecular weight is 444 g/mol. The lowest BCUT2D eigenvalue weighted by molar-refractivity contribution is -0.146. The zero-order valence-electron chi connectivity index (χ0n) is 17.8. The van der Waals surface area contributed by atoms with Crippen LogP contribution in [0.15, 0.2) is 66.7 Å². The number of rotatable bonds is 3. The van der Waals surface area contributed by atoms with Gasteiger partial charge in [0.2, 0.25) is 6.23 Å². The van der Waals surface area contributed by atoms with Crippen molar-refractivity contribution in [3.05, 3.63) is 95.1 Å². The van der Waals surface area contributed by atoms with Gasteiger partial charge in [-0.05, 0) is 49.4 Å². The molecule has 1 aliphatic heterocycles. The number of aromatic nitrogens is 1. The van der Waals surface area contributed by atoms with E-state index in [0.29, 0.717) is 33.4 Å². The number of esters is 1. The van der Waals surface area contributed by atoms with Crippen LogP contribution in [0, 0.1) is 18.6 Å². The lowest BCUT2D eigenvalue weighted by Gasteiger charge is -2.25. The molecular weight excluding hydrogens is 426 g/mol. The quantitative estimate of drug-likeness (QED) is 0.380. The average Bonchev–Trinajstić information content (AvgIpc) is 3.06. The summed E-state index contributed by atoms with van der Waals surface area (Å²) in [5, 5.41) is 0.313. The Balaban J connectivity index is 1.84. The van der Waals surface area contributed by atoms with Crippen molar-refractivity contribution in [1.82, 2.24) is 4.98 Å². The van der Waals surface area contributed by atoms with Gasteiger partial charge in [0.25, 0.3) is 5.91 Å². The lowest BCUT2D eigenvalue weighted by atomic mass is 9.97. The van der Waals surface area contributed by atoms with E-state index in [9.17, 15) is 18.4 Å². The normalized spacial score (nSPS) is 15.1. The molecule has 1 atom stereocenters. The number of hydrogen-bond acceptors (Lipinski definition) is 4. The molecule has 33 heavy (non-hydrogen) atoms. The second kappa shape index (κ2) is 7.78. The van der Waals surface area contributed by atoms with Gasteiger partial charge in [-0.25, -0.2) is 13.8 Å². The lowest BCUT2D eigenvalue weighted by Crippen LogP contribution is -2.30. The molecule has 0 saturated heterocycles. The van der Waals surface area contributed by atoms with Crippen molar-refractivity contribution in [1.29, 1.82) is 0 Å². The smallest absolute Gasteiger partial charge is 0.304 e. The predicted molar refractivity (Wildman–Crippen MR) is 120 cm³/mol. The van der Waals surface area contributed by atoms with Gasteiger partial charge in [-0.1, -0.05) is 29.8 Å². The molecule has 4 aromatic rings. The third kappa shape index (κ3) is 3.51. The Morgan fingerprint density at radius 1 is 0.970 bits per heavy atom. The van der Waals surface area contributed by atoms with Gasteiger partial charge in [0.05, 0.1) is 22.3 Å². The fraction of sp³-hybridized carbons (Fsp3) is 0.115. The van der Waals surface area contributed by atoms with E-state index in [0.717, 1.165) is 5.56 Å². The Labute approximate surface area is 188 Å². The van der Waals surface area contributed by atoms with E-state index < -0.39 is 29.7 Å². The Morgan fingerprint density at radius 2 is 1.64 bits per heavy atom. The van der Waals surface area contributed by atoms with Gasteiger partial charge in [-0.3, -0.25) is 14.5 Å². The molecule has 5 nitrogen and oxygen atoms in total. The zero-order valence-corrected chi connectivity index (χ0v) is 17.8. The van der Waals surface area contributed by atoms with Crippen LogP contribution in [-0.2, 0) is 9.53 Å². The second-order valence-electron chi connectivity index (χ2n) is 7.89. The van der Waals surface area contributed by atoms with E-state index in [1.54, 1.807) is 0 Å². The molecule has 1 amide bonds. The van der Waals surface area contributed by atoms with E-state index in [-0.39, 0.29) is 5.56 Å². The maximum atomic E-state index is 14.2. The first kappa shape index (κ1) is 20.8. The highest BCUT2D eigenvalue weighted by atomic mass is 19.1. The van der Waals surface area contributed by atoms with E-state index >= 15 is 0 Å². The molecule has 0 saturated carbocycles. The highest BCUT2D eigenvalue weighted by Crippen LogP contribution is 2.45. The summed E-state index contributed by atoms with van der Waals surface area (Å²) in [6.45, 7) is 3.19. The Hall–Kier alpha value is -4.13. The largest absolute Gasteiger partial charge is 0.437 e. The van der Waals surface area contributed by atoms with E-state index in [2.05, 4.69) is 0 Å². The van der Waals surface area contributed by atoms with Gasteiger partial charge in [0.15, 0.2) is 0 Å². The number of carbonyl (C=O) groups is 2. The first-order valence-corrected chi connectivity index (χ1v) is 10.3. The van der Waals surface area contributed by atoms with Gasteiger partial charge in [-0.2, -0.15) is 0 Å². The fourth-order valence-corrected chi connectivity index (χ4v) is 4.13. The highest BCUT2D eigenvalue weighted by molar-refractivity contribution is 6.19. The van der Waals surface area contributed by atoms with Crippen molar-refractivity contribution in [3.8, 4) is 11.3 Å². The minimum absolute atomic E-state index is 0.200. The molecule has 1 aromatic heterocycles. The molecule has 1 unspecified atom stereocenters. The van der Waals surface area contributed by atoms with Gasteiger partial charge < -0.3 is 4.74 Å². The van der Waals surface area contributed by atoms with E-state index in [4.69, 9.17) is 9.72 Å². The third-order valence-corrected chi connectivity index (χ3v) is 5.61. The van der Waals surface area contributed by atoms with Crippen LogP contribution in [0.1, 0.15) is 34.6 Å². The van der Waals surface area contributed by atoms with Crippen LogP contribution in [0.2, 0.25) is 0 Å². The predicted octanol–water partition coefficient (Wildman–Crippen LogP) is 5.71. The molecule has 164 valence electrons. The molecule has 0 N–H and O–H groups in total. The summed E-state index contributed by atoms with van der Waals surface area (Å²) in [6, 6.07) is 16.9. The topological polar surface area (TPSA) is 59.5 Å². The van der Waals surface area contributed by atoms with Gasteiger partial charge in [-0.15, -0.1) is 0 Å². The molecule has 0 fully saturated rings. The highest BCUT2D eigenvalue weighted by Gasteiger charge is 2.44. The minimum atomic E-state index is -1.15. The summed E-state index contributed by atoms with van der Waals surface area (Å²) < 4.78 is 33.4. The van der Waals surface area contributed by atoms with Crippen LogP contribution < -0.4 is 4.90 Å². The standard InChI is InChI=1S/C26H18F2N2O3/c1-14-3-5-16(6-4-14)24-23-22(20-13-18(28)9-12-21(20)29-24)25(32)30(26(23)33-15(2)31)19-10-7-17(27)8-11-19/h3-13,26H,1-2H3. The van der Waals surface area contributed by atoms with Crippen LogP contribution >= 0.6 is 0 Å². The van der Waals surface area contributed by atoms with Crippen LogP contribution in [-0.4, -0.2) is 16.9 Å². The molecule has 1 aliphatic rings. The van der Waals surface area contributed by atoms with Crippen molar-refractivity contribution in [2.75, 3.05) is 4.90 Å². The Morgan fingerprint density at radius 3 is 2.30 bits per heavy atom. The van der Waals surface area contributed by atoms with Crippen molar-refractivity contribution in [2.45, 2.75) is 20.1 Å². The van der Waals surface area contributed by atoms with E-state index in [1.807, 2.05) is 31.2 Å². The molecule has 0 aliphatic carbocycles. The molecular formula is C26H18F2N2O3. The first-order valence-electron chi connectivity index (χ1n) is 10.3. The van der Waals surface area contributed by atoms with Gasteiger partial charge >= 0.3 is 5.97 Å². The molecule has 0 spiro atoms. The summed E-state index contributed by atoms with van der Waals surface area (Å²) in [5.41, 5.74) is 3.54. The van der Waals surface area contributed by atoms with Crippen LogP contribution in [0.5, 0.6) is 0 Å². The van der Waals surface area contributed by atoms with Crippen molar-refractivity contribution < 1.29 is 23.1 Å². The Bertz CT molecular complexity index is 1420. The number of ether oxygens (including phenoxy) is 1. The number of halogens is 2. The van der Waals surface area contributed by atoms with Gasteiger partial charge in [0.1, 0.15) is 11.6 Å². The SMILES string of the molecule is CC(=O)OC1c2c(-c3ccc(C)cc3)nc3ccc(F)cc3c2C(=O)N1c1ccc(F)cc1. The summed E-state index contributed by atoms with van der Waals surface area (Å²) in [5.74, 6) is -2.09. The van der Waals surface area contributed by atoms with Crippen molar-refractivity contribution >= 4 is 28.5 Å². The molecule has 7 heteroatoms. The fourth-order valence-electron chi connectivity index (χ4n) is 4.13. The Kier molecular flexibility index (Phi) is 4.89. The number of anilines is 1. The summed E-state index contributed by atoms with van der Waals surface area (Å²) in [4.78, 5) is 31.8. The van der Waals surface area contributed by atoms with Crippen LogP contribution in [0.4, 0.5) is 14.5 Å². The summed E-state index contributed by atoms with van der Waals surface area (Å²) >= 11 is 0. The van der Waals surface area contributed by atoms with Crippen molar-refractivity contribution in [2.24, 2.45) is 0 Å². The van der Waals surface area contributed by atoms with E-state index in [1.165, 1.54) is 54.3 Å². The first-order chi connectivity index (χ1) is 15.8. The number of benzene rings is 3. The van der Waals surface area contributed by atoms with Crippen LogP contribution in [0.25, 0.3) is 22.2 Å². The molecule has 0 radical (unpaired) electrons. The molecule has 0 bridgehead atoms. The number of pyridine rings is 1. The van der Waals surface area contributed by atoms with Crippen LogP contribution in [0.3, 0.4) is 0 Å². The molecule has 2 heterocycles. The molecule has 5 rings (SSSR count). The summed E-state index contributed by atoms with van der Waals surface area (Å²) in [7, 11) is 0. The molecule has 3 aromatic carbocycles. The minimum Gasteiger partial charge on any atom is -0.437 e. The third-order valence-electron chi connectivity index (χ3n) is 5.61. The number of hydrogen-bond donors (Lipinski definition) is 0. The number of nitrogens with zero attached hydrogens (tertiary/aromatic N) is 2. The maximum Gasteiger partial charge on any atom is 0.304 e. The second-order valence-corrected chi connectivity index (χ2v) is 7.89. The van der Waals surface area contributed by atoms with Crippen molar-refractivity contribution in [3.63, 3.8) is 0 Å². The van der Waals surface area contributed by atoms with Gasteiger partial charge in [0, 0.05) is 23.6 Å². The summed E-state index contributed by atoms with van der Waals surface area (Å²) in [6.07, 6.45) is -1.15. The number of aryl methyl sites for hydroxylation is 1.